The second kappa shape index (κ2) is 8.05. The maximum absolute atomic E-state index is 11.7. The lowest BCUT2D eigenvalue weighted by Gasteiger charge is -2.45. The van der Waals surface area contributed by atoms with Crippen molar-refractivity contribution in [1.82, 2.24) is 0 Å². The van der Waals surface area contributed by atoms with E-state index in [1.165, 1.54) is 0 Å². The van der Waals surface area contributed by atoms with Crippen LogP contribution >= 0.6 is 0 Å². The number of hydrogen-bond donors (Lipinski definition) is 6. The molecule has 0 aromatic rings. The molecule has 0 spiro atoms. The molecule has 0 bridgehead atoms. The average Bonchev–Trinajstić information content (AvgIpc) is 2.54. The number of aliphatic hydroxyl groups excluding tert-OH is 5. The molecule has 2 unspecified atom stereocenters. The van der Waals surface area contributed by atoms with Gasteiger partial charge in [-0.25, -0.2) is 4.79 Å². The van der Waals surface area contributed by atoms with Crippen molar-refractivity contribution in [3.05, 3.63) is 0 Å². The van der Waals surface area contributed by atoms with Crippen molar-refractivity contribution < 1.29 is 44.9 Å². The van der Waals surface area contributed by atoms with Crippen LogP contribution in [0.2, 0.25) is 0 Å². The summed E-state index contributed by atoms with van der Waals surface area (Å²) in [6, 6.07) is 0. The van der Waals surface area contributed by atoms with Gasteiger partial charge in [-0.1, -0.05) is 20.8 Å². The fourth-order valence-corrected chi connectivity index (χ4v) is 2.26. The van der Waals surface area contributed by atoms with Gasteiger partial charge >= 0.3 is 5.97 Å². The Morgan fingerprint density at radius 1 is 1.38 bits per heavy atom. The first-order valence-corrected chi connectivity index (χ1v) is 7.88. The summed E-state index contributed by atoms with van der Waals surface area (Å²) in [5.74, 6) is -3.79. The van der Waals surface area contributed by atoms with Gasteiger partial charge < -0.3 is 40.1 Å². The third-order valence-corrected chi connectivity index (χ3v) is 4.43. The molecule has 1 heterocycles. The van der Waals surface area contributed by atoms with E-state index >= 15 is 0 Å². The van der Waals surface area contributed by atoms with Gasteiger partial charge in [-0.2, -0.15) is 0 Å². The zero-order valence-corrected chi connectivity index (χ0v) is 14.1. The Balaban J connectivity index is 3.05. The van der Waals surface area contributed by atoms with Crippen molar-refractivity contribution in [2.24, 2.45) is 5.41 Å². The fraction of sp³-hybridized carbons (Fsp3) is 0.933. The van der Waals surface area contributed by atoms with Crippen LogP contribution in [0, 0.1) is 5.41 Å². The number of rotatable bonds is 8. The lowest BCUT2D eigenvalue weighted by molar-refractivity contribution is -0.331. The quantitative estimate of drug-likeness (QED) is 0.304. The first-order chi connectivity index (χ1) is 11.0. The summed E-state index contributed by atoms with van der Waals surface area (Å²) in [5.41, 5.74) is -0.356. The molecule has 0 saturated carbocycles. The van der Waals surface area contributed by atoms with Crippen LogP contribution in [0.3, 0.4) is 0 Å². The van der Waals surface area contributed by atoms with E-state index in [0.717, 1.165) is 0 Å². The summed E-state index contributed by atoms with van der Waals surface area (Å²) in [5, 5.41) is 57.9. The molecular weight excluding hydrogens is 324 g/mol. The number of carbonyl (C=O) groups is 1. The predicted octanol–water partition coefficient (Wildman–Crippen LogP) is -1.56. The lowest BCUT2D eigenvalue weighted by Crippen LogP contribution is -2.64. The molecule has 0 aliphatic carbocycles. The van der Waals surface area contributed by atoms with E-state index in [2.05, 4.69) is 0 Å². The van der Waals surface area contributed by atoms with E-state index in [0.29, 0.717) is 6.42 Å². The highest BCUT2D eigenvalue weighted by Crippen LogP contribution is 2.35. The number of carboxylic acid groups (broad SMARTS) is 1. The number of carboxylic acids is 1. The topological polar surface area (TPSA) is 157 Å². The van der Waals surface area contributed by atoms with Crippen molar-refractivity contribution in [2.45, 2.75) is 69.9 Å². The Morgan fingerprint density at radius 2 is 1.96 bits per heavy atom. The minimum Gasteiger partial charge on any atom is -0.477 e. The van der Waals surface area contributed by atoms with Crippen LogP contribution < -0.4 is 0 Å². The normalized spacial score (nSPS) is 33.9. The highest BCUT2D eigenvalue weighted by atomic mass is 16.7. The Hall–Kier alpha value is -0.810. The first-order valence-electron chi connectivity index (χ1n) is 7.88. The van der Waals surface area contributed by atoms with Gasteiger partial charge in [-0.05, 0) is 11.8 Å². The molecule has 0 aromatic carbocycles. The standard InChI is InChI=1S/C15H28O9/c1-4-14(2,3)7-23-15(13(21)22)5-8(17)10(19)12(24-15)11(20)9(18)6-16/h8-12,16-20H,4-7H2,1-3H3,(H,21,22)/t8?,9-,10-,11-,12?,15-/m1/s1. The highest BCUT2D eigenvalue weighted by Gasteiger charge is 2.55. The summed E-state index contributed by atoms with van der Waals surface area (Å²) in [4.78, 5) is 11.7. The van der Waals surface area contributed by atoms with Gasteiger partial charge in [-0.3, -0.25) is 0 Å². The van der Waals surface area contributed by atoms with Crippen molar-refractivity contribution in [3.63, 3.8) is 0 Å². The monoisotopic (exact) mass is 352 g/mol. The summed E-state index contributed by atoms with van der Waals surface area (Å²) in [6.07, 6.45) is -8.15. The molecule has 0 aromatic heterocycles. The van der Waals surface area contributed by atoms with Gasteiger partial charge in [0.15, 0.2) is 0 Å². The minimum atomic E-state index is -2.27. The Kier molecular flexibility index (Phi) is 7.12. The molecule has 1 fully saturated rings. The molecule has 9 heteroatoms. The van der Waals surface area contributed by atoms with Crippen LogP contribution in [0.5, 0.6) is 0 Å². The maximum atomic E-state index is 11.7. The fourth-order valence-electron chi connectivity index (χ4n) is 2.26. The van der Waals surface area contributed by atoms with E-state index in [1.54, 1.807) is 0 Å². The Morgan fingerprint density at radius 3 is 2.42 bits per heavy atom. The third-order valence-electron chi connectivity index (χ3n) is 4.43. The Labute approximate surface area is 140 Å². The molecule has 6 atom stereocenters. The van der Waals surface area contributed by atoms with Gasteiger partial charge in [0.1, 0.15) is 24.4 Å². The largest absolute Gasteiger partial charge is 0.477 e. The predicted molar refractivity (Wildman–Crippen MR) is 81.0 cm³/mol. The summed E-state index contributed by atoms with van der Waals surface area (Å²) >= 11 is 0. The molecule has 1 rings (SSSR count). The molecular formula is C15H28O9. The maximum Gasteiger partial charge on any atom is 0.364 e. The van der Waals surface area contributed by atoms with Crippen LogP contribution in [0.1, 0.15) is 33.6 Å². The van der Waals surface area contributed by atoms with Crippen molar-refractivity contribution in [1.29, 1.82) is 0 Å². The van der Waals surface area contributed by atoms with Crippen LogP contribution in [0.25, 0.3) is 0 Å². The average molecular weight is 352 g/mol. The van der Waals surface area contributed by atoms with E-state index in [-0.39, 0.29) is 12.0 Å². The molecule has 9 nitrogen and oxygen atoms in total. The zero-order valence-electron chi connectivity index (χ0n) is 14.1. The third kappa shape index (κ3) is 4.63. The van der Waals surface area contributed by atoms with Crippen molar-refractivity contribution in [3.8, 4) is 0 Å². The van der Waals surface area contributed by atoms with Gasteiger partial charge in [-0.15, -0.1) is 0 Å². The molecule has 142 valence electrons. The van der Waals surface area contributed by atoms with E-state index < -0.39 is 55.3 Å². The van der Waals surface area contributed by atoms with Crippen LogP contribution in [-0.2, 0) is 14.3 Å². The minimum absolute atomic E-state index is 0.00395. The summed E-state index contributed by atoms with van der Waals surface area (Å²) in [7, 11) is 0. The van der Waals surface area contributed by atoms with Crippen molar-refractivity contribution in [2.75, 3.05) is 13.2 Å². The van der Waals surface area contributed by atoms with E-state index in [4.69, 9.17) is 14.6 Å². The molecule has 24 heavy (non-hydrogen) atoms. The highest BCUT2D eigenvalue weighted by molar-refractivity contribution is 5.76. The Bertz CT molecular complexity index is 427. The summed E-state index contributed by atoms with van der Waals surface area (Å²) < 4.78 is 10.7. The van der Waals surface area contributed by atoms with Gasteiger partial charge in [0, 0.05) is 6.42 Å². The van der Waals surface area contributed by atoms with Gasteiger partial charge in [0.25, 0.3) is 5.79 Å². The van der Waals surface area contributed by atoms with Crippen LogP contribution in [0.4, 0.5) is 0 Å². The number of aliphatic hydroxyl groups is 5. The SMILES string of the molecule is CCC(C)(C)CO[C@]1(C(=O)O)CC(O)[C@@H](O)C([C@H](O)[C@H](O)CO)O1. The molecule has 1 aliphatic heterocycles. The number of aliphatic carboxylic acids is 1. The molecule has 0 radical (unpaired) electrons. The van der Waals surface area contributed by atoms with Crippen LogP contribution in [0.15, 0.2) is 0 Å². The lowest BCUT2D eigenvalue weighted by atomic mass is 9.89. The molecule has 1 saturated heterocycles. The molecule has 6 N–H and O–H groups in total. The molecule has 0 amide bonds. The van der Waals surface area contributed by atoms with Gasteiger partial charge in [0.2, 0.25) is 0 Å². The van der Waals surface area contributed by atoms with Crippen LogP contribution in [-0.4, -0.2) is 86.1 Å². The number of hydrogen-bond acceptors (Lipinski definition) is 8. The number of ether oxygens (including phenoxy) is 2. The first kappa shape index (κ1) is 21.2. The van der Waals surface area contributed by atoms with Crippen molar-refractivity contribution >= 4 is 5.97 Å². The van der Waals surface area contributed by atoms with E-state index in [9.17, 15) is 30.3 Å². The second-order valence-corrected chi connectivity index (χ2v) is 6.95. The summed E-state index contributed by atoms with van der Waals surface area (Å²) in [6.45, 7) is 4.80. The van der Waals surface area contributed by atoms with Gasteiger partial charge in [0.05, 0.1) is 19.3 Å². The smallest absolute Gasteiger partial charge is 0.364 e. The molecule has 1 aliphatic rings. The second-order valence-electron chi connectivity index (χ2n) is 6.95. The van der Waals surface area contributed by atoms with E-state index in [1.807, 2.05) is 20.8 Å². The zero-order chi connectivity index (χ0) is 18.7.